The van der Waals surface area contributed by atoms with Crippen LogP contribution in [0.1, 0.15) is 61.5 Å². The molecule has 0 heterocycles. The number of hydrogen-bond acceptors (Lipinski definition) is 1. The highest BCUT2D eigenvalue weighted by atomic mass is 14.9. The van der Waals surface area contributed by atoms with Gasteiger partial charge in [0.25, 0.3) is 0 Å². The fourth-order valence-electron chi connectivity index (χ4n) is 3.49. The lowest BCUT2D eigenvalue weighted by Gasteiger charge is -2.27. The van der Waals surface area contributed by atoms with Crippen molar-refractivity contribution in [3.63, 3.8) is 0 Å². The highest BCUT2D eigenvalue weighted by Gasteiger charge is 2.28. The summed E-state index contributed by atoms with van der Waals surface area (Å²) in [4.78, 5) is 0. The maximum absolute atomic E-state index is 3.49. The predicted molar refractivity (Wildman–Crippen MR) is 72.5 cm³/mol. The first-order valence-corrected chi connectivity index (χ1v) is 7.15. The minimum Gasteiger partial charge on any atom is -0.316 e. The maximum atomic E-state index is 3.49. The molecule has 1 aromatic rings. The predicted octanol–water partition coefficient (Wildman–Crippen LogP) is 3.81. The van der Waals surface area contributed by atoms with Crippen molar-refractivity contribution in [3.8, 4) is 0 Å². The normalized spacial score (nSPS) is 29.2. The van der Waals surface area contributed by atoms with Gasteiger partial charge in [-0.2, -0.15) is 0 Å². The Labute approximate surface area is 105 Å². The molecule has 17 heavy (non-hydrogen) atoms. The summed E-state index contributed by atoms with van der Waals surface area (Å²) < 4.78 is 0. The van der Waals surface area contributed by atoms with Crippen LogP contribution in [0.2, 0.25) is 0 Å². The average Bonchev–Trinajstić information content (AvgIpc) is 2.75. The first-order chi connectivity index (χ1) is 8.38. The maximum Gasteiger partial charge on any atom is 0.0133 e. The van der Waals surface area contributed by atoms with Gasteiger partial charge in [0.15, 0.2) is 0 Å². The molecular formula is C16H23N. The number of hydrogen-bond donors (Lipinski definition) is 1. The van der Waals surface area contributed by atoms with Crippen LogP contribution in [0, 0.1) is 0 Å². The second kappa shape index (κ2) is 4.81. The summed E-state index contributed by atoms with van der Waals surface area (Å²) in [5.74, 6) is 1.62. The Morgan fingerprint density at radius 1 is 1.00 bits per heavy atom. The van der Waals surface area contributed by atoms with Gasteiger partial charge in [0.1, 0.15) is 0 Å². The van der Waals surface area contributed by atoms with Gasteiger partial charge >= 0.3 is 0 Å². The van der Waals surface area contributed by atoms with Gasteiger partial charge < -0.3 is 5.32 Å². The number of likely N-dealkylation sites (N-methyl/N-ethyl adjacent to an activating group) is 1. The van der Waals surface area contributed by atoms with Gasteiger partial charge in [-0.1, -0.05) is 37.1 Å². The summed E-state index contributed by atoms with van der Waals surface area (Å²) in [5, 5.41) is 3.49. The van der Waals surface area contributed by atoms with E-state index in [1.165, 1.54) is 38.5 Å². The number of rotatable bonds is 3. The van der Waals surface area contributed by atoms with Crippen LogP contribution >= 0.6 is 0 Å². The van der Waals surface area contributed by atoms with Crippen molar-refractivity contribution in [2.24, 2.45) is 0 Å². The highest BCUT2D eigenvalue weighted by molar-refractivity contribution is 5.31. The standard InChI is InChI=1S/C16H23N/c1-17-16-10-4-9-15(16)14-8-3-7-13(11-14)12-5-2-6-12/h3,7-8,11-12,15-17H,2,4-6,9-10H2,1H3. The second-order valence-corrected chi connectivity index (χ2v) is 5.73. The molecule has 3 rings (SSSR count). The van der Waals surface area contributed by atoms with Crippen molar-refractivity contribution in [2.75, 3.05) is 7.05 Å². The zero-order valence-corrected chi connectivity index (χ0v) is 10.8. The fraction of sp³-hybridized carbons (Fsp3) is 0.625. The van der Waals surface area contributed by atoms with E-state index in [0.29, 0.717) is 6.04 Å². The molecule has 2 aliphatic carbocycles. The van der Waals surface area contributed by atoms with Crippen LogP contribution in [-0.4, -0.2) is 13.1 Å². The van der Waals surface area contributed by atoms with E-state index in [-0.39, 0.29) is 0 Å². The first kappa shape index (κ1) is 11.3. The molecule has 2 unspecified atom stereocenters. The van der Waals surface area contributed by atoms with Crippen molar-refractivity contribution in [1.82, 2.24) is 5.32 Å². The van der Waals surface area contributed by atoms with Crippen molar-refractivity contribution in [3.05, 3.63) is 35.4 Å². The summed E-state index contributed by atoms with van der Waals surface area (Å²) >= 11 is 0. The molecule has 1 aromatic carbocycles. The smallest absolute Gasteiger partial charge is 0.0133 e. The Bertz CT molecular complexity index is 381. The lowest BCUT2D eigenvalue weighted by molar-refractivity contribution is 0.419. The van der Waals surface area contributed by atoms with Crippen LogP contribution < -0.4 is 5.32 Å². The van der Waals surface area contributed by atoms with E-state index in [2.05, 4.69) is 36.6 Å². The summed E-state index contributed by atoms with van der Waals surface area (Å²) in [6, 6.07) is 10.1. The van der Waals surface area contributed by atoms with Gasteiger partial charge in [-0.25, -0.2) is 0 Å². The summed E-state index contributed by atoms with van der Waals surface area (Å²) in [7, 11) is 2.11. The van der Waals surface area contributed by atoms with E-state index in [9.17, 15) is 0 Å². The van der Waals surface area contributed by atoms with E-state index in [4.69, 9.17) is 0 Å². The van der Waals surface area contributed by atoms with Gasteiger partial charge in [0.05, 0.1) is 0 Å². The minimum atomic E-state index is 0.701. The van der Waals surface area contributed by atoms with Crippen LogP contribution in [0.25, 0.3) is 0 Å². The molecular weight excluding hydrogens is 206 g/mol. The Hall–Kier alpha value is -0.820. The zero-order chi connectivity index (χ0) is 11.7. The molecule has 1 N–H and O–H groups in total. The molecule has 2 atom stereocenters. The summed E-state index contributed by atoms with van der Waals surface area (Å²) in [6.07, 6.45) is 8.32. The summed E-state index contributed by atoms with van der Waals surface area (Å²) in [6.45, 7) is 0. The number of benzene rings is 1. The molecule has 1 heteroatoms. The van der Waals surface area contributed by atoms with Crippen molar-refractivity contribution in [2.45, 2.75) is 56.4 Å². The van der Waals surface area contributed by atoms with Crippen LogP contribution in [0.4, 0.5) is 0 Å². The molecule has 0 bridgehead atoms. The minimum absolute atomic E-state index is 0.701. The molecule has 1 nitrogen and oxygen atoms in total. The molecule has 2 aliphatic rings. The molecule has 0 radical (unpaired) electrons. The van der Waals surface area contributed by atoms with E-state index >= 15 is 0 Å². The van der Waals surface area contributed by atoms with E-state index in [0.717, 1.165) is 11.8 Å². The Morgan fingerprint density at radius 2 is 1.76 bits per heavy atom. The molecule has 0 spiro atoms. The number of nitrogens with one attached hydrogen (secondary N) is 1. The van der Waals surface area contributed by atoms with Crippen LogP contribution in [-0.2, 0) is 0 Å². The van der Waals surface area contributed by atoms with E-state index in [1.54, 1.807) is 11.1 Å². The van der Waals surface area contributed by atoms with E-state index < -0.39 is 0 Å². The third-order valence-corrected chi connectivity index (χ3v) is 4.80. The Kier molecular flexibility index (Phi) is 3.19. The second-order valence-electron chi connectivity index (χ2n) is 5.73. The zero-order valence-electron chi connectivity index (χ0n) is 10.8. The van der Waals surface area contributed by atoms with Crippen molar-refractivity contribution in [1.29, 1.82) is 0 Å². The van der Waals surface area contributed by atoms with Crippen LogP contribution in [0.15, 0.2) is 24.3 Å². The van der Waals surface area contributed by atoms with Crippen molar-refractivity contribution < 1.29 is 0 Å². The van der Waals surface area contributed by atoms with Crippen molar-refractivity contribution >= 4 is 0 Å². The van der Waals surface area contributed by atoms with Crippen LogP contribution in [0.3, 0.4) is 0 Å². The lowest BCUT2D eigenvalue weighted by atomic mass is 9.79. The molecule has 0 aromatic heterocycles. The largest absolute Gasteiger partial charge is 0.316 e. The topological polar surface area (TPSA) is 12.0 Å². The van der Waals surface area contributed by atoms with Gasteiger partial charge in [-0.05, 0) is 55.7 Å². The molecule has 0 saturated heterocycles. The monoisotopic (exact) mass is 229 g/mol. The Balaban J connectivity index is 1.82. The highest BCUT2D eigenvalue weighted by Crippen LogP contribution is 2.39. The van der Waals surface area contributed by atoms with Crippen LogP contribution in [0.5, 0.6) is 0 Å². The lowest BCUT2D eigenvalue weighted by Crippen LogP contribution is -2.27. The van der Waals surface area contributed by atoms with Gasteiger partial charge in [-0.15, -0.1) is 0 Å². The third kappa shape index (κ3) is 2.13. The summed E-state index contributed by atoms with van der Waals surface area (Å²) in [5.41, 5.74) is 3.17. The molecule has 0 aliphatic heterocycles. The molecule has 2 fully saturated rings. The van der Waals surface area contributed by atoms with Gasteiger partial charge in [-0.3, -0.25) is 0 Å². The quantitative estimate of drug-likeness (QED) is 0.831. The first-order valence-electron chi connectivity index (χ1n) is 7.15. The molecule has 92 valence electrons. The van der Waals surface area contributed by atoms with E-state index in [1.807, 2.05) is 0 Å². The molecule has 2 saturated carbocycles. The SMILES string of the molecule is CNC1CCCC1c1cccc(C2CCC2)c1. The molecule has 0 amide bonds. The van der Waals surface area contributed by atoms with Gasteiger partial charge in [0, 0.05) is 6.04 Å². The third-order valence-electron chi connectivity index (χ3n) is 4.80. The Morgan fingerprint density at radius 3 is 2.47 bits per heavy atom. The average molecular weight is 229 g/mol. The van der Waals surface area contributed by atoms with Gasteiger partial charge in [0.2, 0.25) is 0 Å². The fourth-order valence-corrected chi connectivity index (χ4v) is 3.49.